The average Bonchev–Trinajstić information content (AvgIpc) is 2.58. The van der Waals surface area contributed by atoms with Gasteiger partial charge in [-0.05, 0) is 32.8 Å². The van der Waals surface area contributed by atoms with Crippen LogP contribution in [0.2, 0.25) is 0 Å². The number of amides is 2. The van der Waals surface area contributed by atoms with E-state index >= 15 is 0 Å². The van der Waals surface area contributed by atoms with E-state index < -0.39 is 11.9 Å². The fraction of sp³-hybridized carbons (Fsp3) is 0.444. The molecule has 1 aromatic heterocycles. The molecule has 1 saturated heterocycles. The number of carbonyl (C=O) groups is 2. The normalized spacial score (nSPS) is 17.0. The number of nitrogens with one attached hydrogen (secondary N) is 1. The quantitative estimate of drug-likeness (QED) is 0.615. The van der Waals surface area contributed by atoms with E-state index in [0.717, 1.165) is 5.57 Å². The second-order valence-corrected chi connectivity index (χ2v) is 4.97. The van der Waals surface area contributed by atoms with Crippen molar-refractivity contribution in [1.29, 1.82) is 0 Å². The van der Waals surface area contributed by atoms with Gasteiger partial charge in [0.2, 0.25) is 11.8 Å². The van der Waals surface area contributed by atoms with Gasteiger partial charge in [0.1, 0.15) is 6.04 Å². The summed E-state index contributed by atoms with van der Waals surface area (Å²) in [6.07, 6.45) is 3.63. The number of nitrogens with zero attached hydrogens (tertiary/aromatic N) is 2. The summed E-state index contributed by atoms with van der Waals surface area (Å²) in [5.74, 6) is -0.749. The molecule has 6 nitrogen and oxygen atoms in total. The van der Waals surface area contributed by atoms with Crippen LogP contribution >= 0.6 is 0 Å². The average molecular weight is 333 g/mol. The van der Waals surface area contributed by atoms with Crippen molar-refractivity contribution in [2.45, 2.75) is 53.5 Å². The van der Waals surface area contributed by atoms with Crippen LogP contribution in [0.3, 0.4) is 0 Å². The van der Waals surface area contributed by atoms with Crippen molar-refractivity contribution in [3.63, 3.8) is 0 Å². The largest absolute Gasteiger partial charge is 0.295 e. The maximum absolute atomic E-state index is 12.5. The molecule has 2 rings (SSSR count). The Balaban J connectivity index is 0.00000123. The zero-order valence-corrected chi connectivity index (χ0v) is 15.2. The van der Waals surface area contributed by atoms with Gasteiger partial charge in [0.15, 0.2) is 0 Å². The van der Waals surface area contributed by atoms with Gasteiger partial charge in [-0.3, -0.25) is 24.3 Å². The lowest BCUT2D eigenvalue weighted by Gasteiger charge is -2.22. The first-order valence-corrected chi connectivity index (χ1v) is 8.00. The topological polar surface area (TPSA) is 81.1 Å². The predicted molar refractivity (Wildman–Crippen MR) is 96.7 cm³/mol. The molecule has 1 aromatic rings. The first-order chi connectivity index (χ1) is 11.5. The van der Waals surface area contributed by atoms with Gasteiger partial charge in [0.05, 0.1) is 16.9 Å². The number of rotatable bonds is 1. The molecule has 0 aliphatic carbocycles. The van der Waals surface area contributed by atoms with E-state index in [1.54, 1.807) is 13.0 Å². The van der Waals surface area contributed by atoms with Gasteiger partial charge in [-0.15, -0.1) is 13.2 Å². The van der Waals surface area contributed by atoms with E-state index in [0.29, 0.717) is 17.0 Å². The van der Waals surface area contributed by atoms with Crippen LogP contribution in [0.4, 0.5) is 0 Å². The smallest absolute Gasteiger partial charge is 0.261 e. The molecule has 1 fully saturated rings. The molecule has 6 heteroatoms. The molecule has 2 amide bonds. The molecule has 0 aromatic carbocycles. The Morgan fingerprint density at radius 1 is 1.29 bits per heavy atom. The Labute approximate surface area is 142 Å². The molecule has 1 aliphatic heterocycles. The van der Waals surface area contributed by atoms with E-state index in [4.69, 9.17) is 0 Å². The van der Waals surface area contributed by atoms with Crippen LogP contribution in [0.25, 0.3) is 11.6 Å². The number of imide groups is 1. The third kappa shape index (κ3) is 4.75. The Hall–Kier alpha value is -2.50. The monoisotopic (exact) mass is 333 g/mol. The SMILES string of the molecule is C/C=c1\c(=C(C)C)ncn(C2CCC(=O)NC2=O)c1=O.C=C.CC. The number of piperidine rings is 1. The molecule has 0 saturated carbocycles. The van der Waals surface area contributed by atoms with Crippen LogP contribution in [0.5, 0.6) is 0 Å². The zero-order chi connectivity index (χ0) is 18.9. The molecule has 1 unspecified atom stereocenters. The van der Waals surface area contributed by atoms with Crippen molar-refractivity contribution < 1.29 is 9.59 Å². The Morgan fingerprint density at radius 2 is 1.88 bits per heavy atom. The summed E-state index contributed by atoms with van der Waals surface area (Å²) in [5.41, 5.74) is 0.679. The third-order valence-corrected chi connectivity index (χ3v) is 3.34. The standard InChI is InChI=1S/C14H17N3O3.C2H6.C2H4/c1-4-9-12(8(2)3)15-7-17(14(9)20)10-5-6-11(18)16-13(10)19;2*1-2/h4,7,10H,5-6H2,1-3H3,(H,16,18,19);1-2H3;1-2H2/b9-4+;;. The fourth-order valence-electron chi connectivity index (χ4n) is 2.31. The Bertz CT molecular complexity index is 759. The highest BCUT2D eigenvalue weighted by molar-refractivity contribution is 5.99. The van der Waals surface area contributed by atoms with Crippen LogP contribution in [-0.4, -0.2) is 21.4 Å². The number of carbonyl (C=O) groups excluding carboxylic acids is 2. The van der Waals surface area contributed by atoms with Crippen molar-refractivity contribution >= 4 is 23.5 Å². The highest BCUT2D eigenvalue weighted by atomic mass is 16.2. The minimum atomic E-state index is -0.669. The van der Waals surface area contributed by atoms with Crippen LogP contribution in [0.15, 0.2) is 24.3 Å². The van der Waals surface area contributed by atoms with Crippen LogP contribution in [-0.2, 0) is 9.59 Å². The maximum Gasteiger partial charge on any atom is 0.261 e. The lowest BCUT2D eigenvalue weighted by Crippen LogP contribution is -2.51. The molecule has 132 valence electrons. The number of hydrogen-bond donors (Lipinski definition) is 1. The van der Waals surface area contributed by atoms with Crippen molar-refractivity contribution in [2.24, 2.45) is 0 Å². The van der Waals surface area contributed by atoms with E-state index in [9.17, 15) is 14.4 Å². The molecule has 0 radical (unpaired) electrons. The minimum absolute atomic E-state index is 0.231. The highest BCUT2D eigenvalue weighted by Gasteiger charge is 2.28. The summed E-state index contributed by atoms with van der Waals surface area (Å²) < 4.78 is 1.31. The second-order valence-electron chi connectivity index (χ2n) is 4.97. The first-order valence-electron chi connectivity index (χ1n) is 8.00. The van der Waals surface area contributed by atoms with Crippen molar-refractivity contribution in [1.82, 2.24) is 14.9 Å². The van der Waals surface area contributed by atoms with Crippen LogP contribution < -0.4 is 21.4 Å². The zero-order valence-electron chi connectivity index (χ0n) is 15.2. The Morgan fingerprint density at radius 3 is 2.33 bits per heavy atom. The van der Waals surface area contributed by atoms with Crippen molar-refractivity contribution in [3.8, 4) is 0 Å². The molecule has 1 N–H and O–H groups in total. The maximum atomic E-state index is 12.5. The number of hydrogen-bond acceptors (Lipinski definition) is 4. The molecule has 2 heterocycles. The summed E-state index contributed by atoms with van der Waals surface area (Å²) in [6, 6.07) is -0.669. The fourth-order valence-corrected chi connectivity index (χ4v) is 2.31. The van der Waals surface area contributed by atoms with Gasteiger partial charge in [0.25, 0.3) is 5.56 Å². The van der Waals surface area contributed by atoms with Crippen LogP contribution in [0, 0.1) is 0 Å². The number of aromatic nitrogens is 2. The molecule has 1 aliphatic rings. The van der Waals surface area contributed by atoms with Gasteiger partial charge >= 0.3 is 0 Å². The van der Waals surface area contributed by atoms with E-state index in [-0.39, 0.29) is 17.9 Å². The molecule has 24 heavy (non-hydrogen) atoms. The van der Waals surface area contributed by atoms with Crippen molar-refractivity contribution in [2.75, 3.05) is 0 Å². The van der Waals surface area contributed by atoms with Gasteiger partial charge in [-0.2, -0.15) is 0 Å². The summed E-state index contributed by atoms with van der Waals surface area (Å²) in [5, 5.41) is 3.37. The molecule has 0 spiro atoms. The summed E-state index contributed by atoms with van der Waals surface area (Å²) >= 11 is 0. The van der Waals surface area contributed by atoms with Crippen molar-refractivity contribution in [3.05, 3.63) is 40.4 Å². The molecule has 1 atom stereocenters. The highest BCUT2D eigenvalue weighted by Crippen LogP contribution is 2.15. The molecular weight excluding hydrogens is 306 g/mol. The van der Waals surface area contributed by atoms with Crippen LogP contribution in [0.1, 0.15) is 53.5 Å². The lowest BCUT2D eigenvalue weighted by molar-refractivity contribution is -0.135. The second kappa shape index (κ2) is 10.3. The van der Waals surface area contributed by atoms with Gasteiger partial charge in [0, 0.05) is 6.42 Å². The third-order valence-electron chi connectivity index (χ3n) is 3.34. The van der Waals surface area contributed by atoms with Gasteiger partial charge in [-0.25, -0.2) is 4.98 Å². The minimum Gasteiger partial charge on any atom is -0.295 e. The van der Waals surface area contributed by atoms with Gasteiger partial charge in [-0.1, -0.05) is 19.9 Å². The summed E-state index contributed by atoms with van der Waals surface area (Å²) in [6.45, 7) is 15.5. The summed E-state index contributed by atoms with van der Waals surface area (Å²) in [7, 11) is 0. The predicted octanol–water partition coefficient (Wildman–Crippen LogP) is 1.04. The Kier molecular flexibility index (Phi) is 9.23. The van der Waals surface area contributed by atoms with Gasteiger partial charge < -0.3 is 0 Å². The molecule has 0 bridgehead atoms. The van der Waals surface area contributed by atoms with E-state index in [1.807, 2.05) is 27.7 Å². The van der Waals surface area contributed by atoms with E-state index in [2.05, 4.69) is 23.5 Å². The summed E-state index contributed by atoms with van der Waals surface area (Å²) in [4.78, 5) is 39.7. The molecular formula is C18H27N3O3. The van der Waals surface area contributed by atoms with E-state index in [1.165, 1.54) is 10.9 Å². The first kappa shape index (κ1) is 21.5. The lowest BCUT2D eigenvalue weighted by atomic mass is 10.1.